The highest BCUT2D eigenvalue weighted by atomic mass is 15.0. The third-order valence-corrected chi connectivity index (χ3v) is 13.9. The Morgan fingerprint density at radius 3 is 1.37 bits per heavy atom. The number of aromatic nitrogens is 3. The third-order valence-electron chi connectivity index (χ3n) is 13.9. The van der Waals surface area contributed by atoms with Crippen LogP contribution in [-0.2, 0) is 10.8 Å². The lowest BCUT2D eigenvalue weighted by Gasteiger charge is -2.50. The molecule has 4 unspecified atom stereocenters. The van der Waals surface area contributed by atoms with Crippen molar-refractivity contribution in [2.24, 2.45) is 35.5 Å². The van der Waals surface area contributed by atoms with Gasteiger partial charge in [-0.15, -0.1) is 0 Å². The number of benzene rings is 4. The first-order chi connectivity index (χ1) is 26.1. The van der Waals surface area contributed by atoms with E-state index in [0.717, 1.165) is 63.0 Å². The molecule has 4 fully saturated rings. The van der Waals surface area contributed by atoms with Crippen LogP contribution in [0.15, 0.2) is 78.9 Å². The Balaban J connectivity index is 1.15. The van der Waals surface area contributed by atoms with E-state index in [1.54, 1.807) is 0 Å². The van der Waals surface area contributed by atoms with Crippen molar-refractivity contribution in [2.75, 3.05) is 0 Å². The van der Waals surface area contributed by atoms with Crippen LogP contribution in [0.4, 0.5) is 0 Å². The van der Waals surface area contributed by atoms with Crippen LogP contribution in [-0.4, -0.2) is 15.0 Å². The number of hydrogen-bond donors (Lipinski definition) is 0. The molecule has 4 bridgehead atoms. The minimum absolute atomic E-state index is 0.250. The lowest BCUT2D eigenvalue weighted by Crippen LogP contribution is -2.42. The fraction of sp³-hybridized carbons (Fsp3) is 0.449. The molecule has 54 heavy (non-hydrogen) atoms. The number of rotatable bonds is 5. The summed E-state index contributed by atoms with van der Waals surface area (Å²) >= 11 is 0. The van der Waals surface area contributed by atoms with Crippen LogP contribution < -0.4 is 0 Å². The number of fused-ring (bicyclic) bond motifs is 5. The summed E-state index contributed by atoms with van der Waals surface area (Å²) in [4.78, 5) is 15.5. The van der Waals surface area contributed by atoms with Gasteiger partial charge in [-0.25, -0.2) is 15.0 Å². The van der Waals surface area contributed by atoms with Crippen LogP contribution in [0.2, 0.25) is 0 Å². The van der Waals surface area contributed by atoms with Gasteiger partial charge in [0.1, 0.15) is 0 Å². The second kappa shape index (κ2) is 13.5. The predicted octanol–water partition coefficient (Wildman–Crippen LogP) is 12.0. The summed E-state index contributed by atoms with van der Waals surface area (Å²) in [5.74, 6) is 6.44. The molecule has 5 aromatic rings. The maximum atomic E-state index is 10.0. The summed E-state index contributed by atoms with van der Waals surface area (Å²) in [5.41, 5.74) is 7.16. The molecule has 0 saturated heterocycles. The van der Waals surface area contributed by atoms with E-state index in [0.29, 0.717) is 28.6 Å². The van der Waals surface area contributed by atoms with Gasteiger partial charge in [0.15, 0.2) is 17.5 Å². The smallest absolute Gasteiger partial charge is 0.164 e. The molecule has 9 rings (SSSR count). The summed E-state index contributed by atoms with van der Waals surface area (Å²) in [6, 6.07) is 32.1. The normalized spacial score (nSPS) is 30.3. The van der Waals surface area contributed by atoms with E-state index in [1.807, 2.05) is 30.3 Å². The highest BCUT2D eigenvalue weighted by Gasteiger charge is 2.46. The van der Waals surface area contributed by atoms with E-state index in [4.69, 9.17) is 15.0 Å². The fourth-order valence-corrected chi connectivity index (χ4v) is 12.5. The van der Waals surface area contributed by atoms with Crippen LogP contribution in [0, 0.1) is 58.2 Å². The van der Waals surface area contributed by atoms with Crippen molar-refractivity contribution in [3.63, 3.8) is 0 Å². The molecule has 0 spiro atoms. The van der Waals surface area contributed by atoms with Gasteiger partial charge in [0.2, 0.25) is 0 Å². The highest BCUT2D eigenvalue weighted by Crippen LogP contribution is 2.55. The van der Waals surface area contributed by atoms with Gasteiger partial charge in [-0.05, 0) is 157 Å². The molecule has 0 amide bonds. The van der Waals surface area contributed by atoms with Gasteiger partial charge in [-0.3, -0.25) is 0 Å². The Kier molecular flexibility index (Phi) is 8.69. The molecule has 0 radical (unpaired) electrons. The first-order valence-corrected chi connectivity index (χ1v) is 20.5. The molecule has 4 saturated carbocycles. The van der Waals surface area contributed by atoms with E-state index in [2.05, 4.69) is 88.4 Å². The average molecular weight is 710 g/mol. The molecule has 272 valence electrons. The van der Waals surface area contributed by atoms with Gasteiger partial charge in [-0.2, -0.15) is 10.5 Å². The van der Waals surface area contributed by atoms with Crippen LogP contribution in [0.25, 0.3) is 44.9 Å². The molecule has 1 heterocycles. The van der Waals surface area contributed by atoms with Gasteiger partial charge < -0.3 is 0 Å². The monoisotopic (exact) mass is 709 g/mol. The minimum atomic E-state index is 0.250. The molecule has 0 aliphatic heterocycles. The summed E-state index contributed by atoms with van der Waals surface area (Å²) in [6.45, 7) is 9.78. The quantitative estimate of drug-likeness (QED) is 0.181. The topological polar surface area (TPSA) is 86.2 Å². The van der Waals surface area contributed by atoms with Crippen LogP contribution in [0.5, 0.6) is 0 Å². The lowest BCUT2D eigenvalue weighted by molar-refractivity contribution is 0.0779. The largest absolute Gasteiger partial charge is 0.208 e. The van der Waals surface area contributed by atoms with Crippen LogP contribution >= 0.6 is 0 Å². The van der Waals surface area contributed by atoms with Gasteiger partial charge in [-0.1, -0.05) is 82.3 Å². The van der Waals surface area contributed by atoms with Crippen molar-refractivity contribution >= 4 is 10.8 Å². The summed E-state index contributed by atoms with van der Waals surface area (Å²) in [6.07, 6.45) is 13.1. The first kappa shape index (κ1) is 34.9. The molecular weight excluding hydrogens is 659 g/mol. The maximum Gasteiger partial charge on any atom is 0.164 e. The standard InChI is InChI=1S/C49H51N5/c1-30-15-35-16-31(2)23-48(22-30,26-35)41-10-6-38(7-11-41)45-52-46(39-8-12-42(13-9-39)49-24-32(3)17-36(27-49)18-33(4)25-49)54-47(53-45)44-21-37(29-51)20-40-19-34(28-50)5-14-43(40)44/h5-14,19-21,30-33,35-36H,15-18,22-27H2,1-4H3/t30-,31+,32-,33+,35?,36?,48?,49?. The third kappa shape index (κ3) is 6.30. The summed E-state index contributed by atoms with van der Waals surface area (Å²) in [5, 5.41) is 21.4. The predicted molar refractivity (Wildman–Crippen MR) is 216 cm³/mol. The molecular formula is C49H51N5. The molecule has 4 aliphatic carbocycles. The minimum Gasteiger partial charge on any atom is -0.208 e. The number of hydrogen-bond acceptors (Lipinski definition) is 5. The molecule has 5 heteroatoms. The highest BCUT2D eigenvalue weighted by molar-refractivity contribution is 5.97. The van der Waals surface area contributed by atoms with Crippen LogP contribution in [0.3, 0.4) is 0 Å². The second-order valence-corrected chi connectivity index (χ2v) is 18.5. The molecule has 5 nitrogen and oxygen atoms in total. The Hall–Kier alpha value is -4.87. The van der Waals surface area contributed by atoms with Crippen molar-refractivity contribution in [3.8, 4) is 46.3 Å². The van der Waals surface area contributed by atoms with Crippen molar-refractivity contribution in [1.82, 2.24) is 15.0 Å². The van der Waals surface area contributed by atoms with Crippen LogP contribution in [0.1, 0.15) is 114 Å². The molecule has 4 aliphatic rings. The molecule has 1 aromatic heterocycles. The summed E-state index contributed by atoms with van der Waals surface area (Å²) < 4.78 is 0. The Labute approximate surface area is 320 Å². The summed E-state index contributed by atoms with van der Waals surface area (Å²) in [7, 11) is 0. The lowest BCUT2D eigenvalue weighted by atomic mass is 9.54. The average Bonchev–Trinajstić information content (AvgIpc) is 3.16. The molecule has 8 atom stereocenters. The van der Waals surface area contributed by atoms with Crippen molar-refractivity contribution < 1.29 is 0 Å². The Morgan fingerprint density at radius 1 is 0.500 bits per heavy atom. The van der Waals surface area contributed by atoms with Gasteiger partial charge in [0.05, 0.1) is 23.3 Å². The van der Waals surface area contributed by atoms with Crippen molar-refractivity contribution in [2.45, 2.75) is 103 Å². The Bertz CT molecular complexity index is 2160. The van der Waals surface area contributed by atoms with Gasteiger partial charge >= 0.3 is 0 Å². The van der Waals surface area contributed by atoms with E-state index in [1.165, 1.54) is 75.3 Å². The van der Waals surface area contributed by atoms with Gasteiger partial charge in [0, 0.05) is 16.7 Å². The van der Waals surface area contributed by atoms with E-state index < -0.39 is 0 Å². The number of nitrogens with zero attached hydrogens (tertiary/aromatic N) is 5. The second-order valence-electron chi connectivity index (χ2n) is 18.5. The molecule has 0 N–H and O–H groups in total. The van der Waals surface area contributed by atoms with Crippen molar-refractivity contribution in [3.05, 3.63) is 101 Å². The van der Waals surface area contributed by atoms with Crippen molar-refractivity contribution in [1.29, 1.82) is 10.5 Å². The zero-order chi connectivity index (χ0) is 37.2. The zero-order valence-corrected chi connectivity index (χ0v) is 32.3. The van der Waals surface area contributed by atoms with Gasteiger partial charge in [0.25, 0.3) is 0 Å². The number of nitriles is 2. The zero-order valence-electron chi connectivity index (χ0n) is 32.3. The van der Waals surface area contributed by atoms with E-state index in [-0.39, 0.29) is 10.8 Å². The Morgan fingerprint density at radius 2 is 0.926 bits per heavy atom. The van der Waals surface area contributed by atoms with E-state index >= 15 is 0 Å². The fourth-order valence-electron chi connectivity index (χ4n) is 12.5. The van der Waals surface area contributed by atoms with E-state index in [9.17, 15) is 10.5 Å². The first-order valence-electron chi connectivity index (χ1n) is 20.5. The maximum absolute atomic E-state index is 10.0. The SMILES string of the molecule is C[C@@H]1CC2C[C@H](C)CC(c3ccc(-c4nc(-c5ccc(C67CC(C[C@@H](C)C6)C[C@H](C)C7)cc5)nc(-c5cc(C#N)cc6cc(C#N)ccc56)n4)cc3)(C2)C1. The molecule has 4 aromatic carbocycles.